The highest BCUT2D eigenvalue weighted by Crippen LogP contribution is 2.15. The largest absolute Gasteiger partial charge is 0.462 e. The van der Waals surface area contributed by atoms with Gasteiger partial charge in [-0.15, -0.1) is 0 Å². The van der Waals surface area contributed by atoms with Gasteiger partial charge in [0.15, 0.2) is 6.10 Å². The van der Waals surface area contributed by atoms with Crippen molar-refractivity contribution in [3.63, 3.8) is 0 Å². The summed E-state index contributed by atoms with van der Waals surface area (Å²) < 4.78 is 10.5. The van der Waals surface area contributed by atoms with E-state index in [1.807, 2.05) is 0 Å². The van der Waals surface area contributed by atoms with Crippen LogP contribution in [0.4, 0.5) is 0 Å². The highest BCUT2D eigenvalue weighted by Gasteiger charge is 2.16. The number of rotatable bonds is 30. The third-order valence-corrected chi connectivity index (χ3v) is 7.58. The van der Waals surface area contributed by atoms with E-state index in [1.54, 1.807) is 0 Å². The molecule has 0 spiro atoms. The highest BCUT2D eigenvalue weighted by atomic mass is 16.6. The fraction of sp³-hybridized carbons (Fsp3) is 0.941. The SMILES string of the molecule is CCCCCCCCCCCCCCC(=O)OC[C@H](CO)OC(=O)CCCCCCCCCCCCC(C)C. The zero-order valence-electron chi connectivity index (χ0n) is 26.3. The van der Waals surface area contributed by atoms with Gasteiger partial charge in [-0.25, -0.2) is 0 Å². The molecule has 0 aromatic rings. The summed E-state index contributed by atoms with van der Waals surface area (Å²) >= 11 is 0. The Morgan fingerprint density at radius 1 is 0.564 bits per heavy atom. The van der Waals surface area contributed by atoms with E-state index in [1.165, 1.54) is 116 Å². The predicted molar refractivity (Wildman–Crippen MR) is 164 cm³/mol. The Labute approximate surface area is 242 Å². The quantitative estimate of drug-likeness (QED) is 0.0706. The lowest BCUT2D eigenvalue weighted by Gasteiger charge is -2.15. The van der Waals surface area contributed by atoms with Crippen molar-refractivity contribution in [2.45, 2.75) is 187 Å². The van der Waals surface area contributed by atoms with Gasteiger partial charge in [-0.3, -0.25) is 9.59 Å². The molecular formula is C34H66O5. The molecule has 0 aromatic carbocycles. The van der Waals surface area contributed by atoms with E-state index >= 15 is 0 Å². The number of hydrogen-bond acceptors (Lipinski definition) is 5. The van der Waals surface area contributed by atoms with Crippen LogP contribution >= 0.6 is 0 Å². The van der Waals surface area contributed by atoms with Gasteiger partial charge in [0, 0.05) is 12.8 Å². The molecule has 1 atom stereocenters. The fourth-order valence-corrected chi connectivity index (χ4v) is 4.97. The Balaban J connectivity index is 3.55. The Morgan fingerprint density at radius 2 is 0.949 bits per heavy atom. The van der Waals surface area contributed by atoms with Crippen molar-refractivity contribution in [2.24, 2.45) is 5.92 Å². The first-order valence-electron chi connectivity index (χ1n) is 17.0. The Bertz CT molecular complexity index is 534. The zero-order valence-corrected chi connectivity index (χ0v) is 26.3. The van der Waals surface area contributed by atoms with Crippen molar-refractivity contribution in [3.8, 4) is 0 Å². The molecule has 0 fully saturated rings. The van der Waals surface area contributed by atoms with Crippen molar-refractivity contribution < 1.29 is 24.2 Å². The van der Waals surface area contributed by atoms with E-state index in [4.69, 9.17) is 9.47 Å². The predicted octanol–water partition coefficient (Wildman–Crippen LogP) is 9.86. The number of carbonyl (C=O) groups is 2. The molecule has 0 heterocycles. The van der Waals surface area contributed by atoms with Crippen molar-refractivity contribution >= 4 is 11.9 Å². The Kier molecular flexibility index (Phi) is 29.0. The van der Waals surface area contributed by atoms with Crippen LogP contribution in [0.5, 0.6) is 0 Å². The smallest absolute Gasteiger partial charge is 0.306 e. The molecule has 1 N–H and O–H groups in total. The van der Waals surface area contributed by atoms with E-state index in [0.29, 0.717) is 12.8 Å². The molecule has 39 heavy (non-hydrogen) atoms. The van der Waals surface area contributed by atoms with Crippen molar-refractivity contribution in [2.75, 3.05) is 13.2 Å². The van der Waals surface area contributed by atoms with Gasteiger partial charge < -0.3 is 14.6 Å². The minimum Gasteiger partial charge on any atom is -0.462 e. The molecule has 0 aromatic heterocycles. The summed E-state index contributed by atoms with van der Waals surface area (Å²) in [7, 11) is 0. The third-order valence-electron chi connectivity index (χ3n) is 7.58. The van der Waals surface area contributed by atoms with E-state index in [9.17, 15) is 14.7 Å². The number of hydrogen-bond donors (Lipinski definition) is 1. The average molecular weight is 555 g/mol. The summed E-state index contributed by atoms with van der Waals surface area (Å²) in [5, 5.41) is 9.49. The van der Waals surface area contributed by atoms with Gasteiger partial charge in [0.05, 0.1) is 6.61 Å². The van der Waals surface area contributed by atoms with Crippen LogP contribution in [0.25, 0.3) is 0 Å². The molecule has 0 aliphatic carbocycles. The topological polar surface area (TPSA) is 72.8 Å². The third kappa shape index (κ3) is 29.7. The molecule has 0 unspecified atom stereocenters. The van der Waals surface area contributed by atoms with Gasteiger partial charge in [-0.2, -0.15) is 0 Å². The van der Waals surface area contributed by atoms with Crippen LogP contribution in [0.2, 0.25) is 0 Å². The number of ether oxygens (including phenoxy) is 2. The number of aliphatic hydroxyl groups excluding tert-OH is 1. The summed E-state index contributed by atoms with van der Waals surface area (Å²) in [6, 6.07) is 0. The van der Waals surface area contributed by atoms with Crippen molar-refractivity contribution in [1.82, 2.24) is 0 Å². The monoisotopic (exact) mass is 554 g/mol. The standard InChI is InChI=1S/C34H66O5/c1-4-5-6-7-8-9-10-11-15-18-21-24-27-33(36)38-30-32(29-35)39-34(37)28-25-22-19-16-13-12-14-17-20-23-26-31(2)3/h31-32,35H,4-30H2,1-3H3/t32-/m0/s1. The molecule has 0 bridgehead atoms. The molecule has 5 nitrogen and oxygen atoms in total. The van der Waals surface area contributed by atoms with Gasteiger partial charge in [0.1, 0.15) is 6.61 Å². The van der Waals surface area contributed by atoms with E-state index in [-0.39, 0.29) is 25.2 Å². The molecule has 0 aliphatic rings. The maximum atomic E-state index is 12.1. The lowest BCUT2D eigenvalue weighted by molar-refractivity contribution is -0.161. The lowest BCUT2D eigenvalue weighted by Crippen LogP contribution is -2.28. The molecule has 0 aliphatic heterocycles. The number of unbranched alkanes of at least 4 members (excludes halogenated alkanes) is 20. The Morgan fingerprint density at radius 3 is 1.36 bits per heavy atom. The molecule has 232 valence electrons. The molecule has 0 rings (SSSR count). The summed E-state index contributed by atoms with van der Waals surface area (Å²) in [6.45, 7) is 6.46. The summed E-state index contributed by atoms with van der Waals surface area (Å²) in [4.78, 5) is 24.1. The second kappa shape index (κ2) is 29.9. The molecule has 0 saturated heterocycles. The second-order valence-corrected chi connectivity index (χ2v) is 12.1. The van der Waals surface area contributed by atoms with Crippen molar-refractivity contribution in [1.29, 1.82) is 0 Å². The molecule has 0 saturated carbocycles. The minimum atomic E-state index is -0.760. The lowest BCUT2D eigenvalue weighted by atomic mass is 10.0. The summed E-state index contributed by atoms with van der Waals surface area (Å²) in [5.74, 6) is 0.243. The first-order valence-corrected chi connectivity index (χ1v) is 17.0. The number of esters is 2. The maximum Gasteiger partial charge on any atom is 0.306 e. The van der Waals surface area contributed by atoms with E-state index in [2.05, 4.69) is 20.8 Å². The highest BCUT2D eigenvalue weighted by molar-refractivity contribution is 5.70. The maximum absolute atomic E-state index is 12.1. The zero-order chi connectivity index (χ0) is 28.8. The normalized spacial score (nSPS) is 12.1. The van der Waals surface area contributed by atoms with Gasteiger partial charge in [-0.1, -0.05) is 156 Å². The minimum absolute atomic E-state index is 0.0587. The summed E-state index contributed by atoms with van der Waals surface area (Å²) in [6.07, 6.45) is 28.7. The van der Waals surface area contributed by atoms with Crippen LogP contribution in [0.15, 0.2) is 0 Å². The summed E-state index contributed by atoms with van der Waals surface area (Å²) in [5.41, 5.74) is 0. The average Bonchev–Trinajstić information content (AvgIpc) is 2.92. The van der Waals surface area contributed by atoms with Crippen LogP contribution in [-0.4, -0.2) is 36.4 Å². The molecule has 0 radical (unpaired) electrons. The van der Waals surface area contributed by atoms with E-state index in [0.717, 1.165) is 38.0 Å². The van der Waals surface area contributed by atoms with Gasteiger partial charge in [0.25, 0.3) is 0 Å². The number of aliphatic hydroxyl groups is 1. The van der Waals surface area contributed by atoms with Gasteiger partial charge in [0.2, 0.25) is 0 Å². The van der Waals surface area contributed by atoms with Gasteiger partial charge >= 0.3 is 11.9 Å². The van der Waals surface area contributed by atoms with Crippen LogP contribution in [0, 0.1) is 5.92 Å². The molecule has 0 amide bonds. The van der Waals surface area contributed by atoms with Gasteiger partial charge in [-0.05, 0) is 18.8 Å². The van der Waals surface area contributed by atoms with Crippen LogP contribution in [0.3, 0.4) is 0 Å². The number of carbonyl (C=O) groups excluding carboxylic acids is 2. The first kappa shape index (κ1) is 37.9. The fourth-order valence-electron chi connectivity index (χ4n) is 4.97. The molecular weight excluding hydrogens is 488 g/mol. The second-order valence-electron chi connectivity index (χ2n) is 12.1. The van der Waals surface area contributed by atoms with Crippen LogP contribution in [0.1, 0.15) is 181 Å². The van der Waals surface area contributed by atoms with E-state index < -0.39 is 6.10 Å². The molecule has 5 heteroatoms. The van der Waals surface area contributed by atoms with Crippen LogP contribution < -0.4 is 0 Å². The van der Waals surface area contributed by atoms with Crippen molar-refractivity contribution in [3.05, 3.63) is 0 Å². The van der Waals surface area contributed by atoms with Crippen LogP contribution in [-0.2, 0) is 19.1 Å². The first-order chi connectivity index (χ1) is 19.0. The Hall–Kier alpha value is -1.10.